The maximum atomic E-state index is 4.73. The second kappa shape index (κ2) is 6.60. The van der Waals surface area contributed by atoms with Crippen LogP contribution >= 0.6 is 0 Å². The summed E-state index contributed by atoms with van der Waals surface area (Å²) in [6.45, 7) is 8.99. The van der Waals surface area contributed by atoms with E-state index in [2.05, 4.69) is 82.3 Å². The lowest BCUT2D eigenvalue weighted by molar-refractivity contribution is 0.410. The van der Waals surface area contributed by atoms with Crippen molar-refractivity contribution in [2.45, 2.75) is 34.1 Å². The number of aryl methyl sites for hydroxylation is 1. The van der Waals surface area contributed by atoms with E-state index in [-0.39, 0.29) is 5.41 Å². The number of nitrogens with zero attached hydrogens (tertiary/aromatic N) is 1. The predicted octanol–water partition coefficient (Wildman–Crippen LogP) is 6.31. The fourth-order valence-electron chi connectivity index (χ4n) is 2.99. The minimum absolute atomic E-state index is 0.279. The van der Waals surface area contributed by atoms with Crippen LogP contribution in [0.1, 0.15) is 31.9 Å². The molecule has 1 heterocycles. The standard InChI is InChI=1S/C23H25N/c1-17-13-22(24-16-21(17)15-23(2,3)4)20-12-8-11-19(14-20)18-9-6-5-7-10-18/h5-14,16H,15H2,1-4H3. The molecule has 1 aromatic heterocycles. The molecule has 0 saturated heterocycles. The lowest BCUT2D eigenvalue weighted by Crippen LogP contribution is -2.10. The molecule has 2 aromatic carbocycles. The zero-order valence-electron chi connectivity index (χ0n) is 15.0. The van der Waals surface area contributed by atoms with Crippen LogP contribution in [0.3, 0.4) is 0 Å². The first kappa shape index (κ1) is 16.4. The Labute approximate surface area is 145 Å². The fourth-order valence-corrected chi connectivity index (χ4v) is 2.99. The summed E-state index contributed by atoms with van der Waals surface area (Å²) in [5.41, 5.74) is 7.61. The first-order valence-corrected chi connectivity index (χ1v) is 8.54. The number of pyridine rings is 1. The smallest absolute Gasteiger partial charge is 0.0705 e. The van der Waals surface area contributed by atoms with E-state index >= 15 is 0 Å². The molecule has 24 heavy (non-hydrogen) atoms. The molecule has 0 amide bonds. The van der Waals surface area contributed by atoms with Gasteiger partial charge < -0.3 is 0 Å². The van der Waals surface area contributed by atoms with Crippen LogP contribution in [0.15, 0.2) is 66.9 Å². The second-order valence-corrected chi connectivity index (χ2v) is 7.68. The van der Waals surface area contributed by atoms with Crippen molar-refractivity contribution in [3.05, 3.63) is 78.0 Å². The lowest BCUT2D eigenvalue weighted by Gasteiger charge is -2.19. The monoisotopic (exact) mass is 315 g/mol. The van der Waals surface area contributed by atoms with Gasteiger partial charge >= 0.3 is 0 Å². The van der Waals surface area contributed by atoms with Gasteiger partial charge in [0.15, 0.2) is 0 Å². The van der Waals surface area contributed by atoms with Crippen molar-refractivity contribution < 1.29 is 0 Å². The van der Waals surface area contributed by atoms with E-state index in [9.17, 15) is 0 Å². The first-order chi connectivity index (χ1) is 11.4. The minimum Gasteiger partial charge on any atom is -0.256 e. The van der Waals surface area contributed by atoms with Gasteiger partial charge in [0.25, 0.3) is 0 Å². The van der Waals surface area contributed by atoms with Gasteiger partial charge in [-0.2, -0.15) is 0 Å². The quantitative estimate of drug-likeness (QED) is 0.551. The van der Waals surface area contributed by atoms with Crippen LogP contribution < -0.4 is 0 Å². The van der Waals surface area contributed by atoms with Crippen LogP contribution in [-0.2, 0) is 6.42 Å². The van der Waals surface area contributed by atoms with Crippen molar-refractivity contribution in [2.24, 2.45) is 5.41 Å². The molecule has 1 nitrogen and oxygen atoms in total. The third kappa shape index (κ3) is 3.91. The fraction of sp³-hybridized carbons (Fsp3) is 0.261. The summed E-state index contributed by atoms with van der Waals surface area (Å²) < 4.78 is 0. The van der Waals surface area contributed by atoms with Crippen LogP contribution in [0.5, 0.6) is 0 Å². The van der Waals surface area contributed by atoms with E-state index in [1.54, 1.807) is 0 Å². The highest BCUT2D eigenvalue weighted by Crippen LogP contribution is 2.28. The minimum atomic E-state index is 0.279. The van der Waals surface area contributed by atoms with E-state index in [0.29, 0.717) is 0 Å². The highest BCUT2D eigenvalue weighted by atomic mass is 14.7. The summed E-state index contributed by atoms with van der Waals surface area (Å²) in [5, 5.41) is 0. The van der Waals surface area contributed by atoms with Crippen molar-refractivity contribution in [3.8, 4) is 22.4 Å². The van der Waals surface area contributed by atoms with Crippen molar-refractivity contribution >= 4 is 0 Å². The third-order valence-electron chi connectivity index (χ3n) is 4.21. The van der Waals surface area contributed by atoms with Gasteiger partial charge in [0.05, 0.1) is 5.69 Å². The Balaban J connectivity index is 1.94. The van der Waals surface area contributed by atoms with Gasteiger partial charge in [0, 0.05) is 11.8 Å². The number of rotatable bonds is 3. The highest BCUT2D eigenvalue weighted by molar-refractivity contribution is 5.71. The molecule has 0 unspecified atom stereocenters. The van der Waals surface area contributed by atoms with Crippen LogP contribution in [0, 0.1) is 12.3 Å². The molecule has 0 atom stereocenters. The normalized spacial score (nSPS) is 11.5. The first-order valence-electron chi connectivity index (χ1n) is 8.54. The molecule has 0 aliphatic carbocycles. The SMILES string of the molecule is Cc1cc(-c2cccc(-c3ccccc3)c2)ncc1CC(C)(C)C. The largest absolute Gasteiger partial charge is 0.256 e. The maximum Gasteiger partial charge on any atom is 0.0705 e. The zero-order valence-corrected chi connectivity index (χ0v) is 15.0. The average molecular weight is 315 g/mol. The van der Waals surface area contributed by atoms with Gasteiger partial charge in [-0.25, -0.2) is 0 Å². The van der Waals surface area contributed by atoms with E-state index in [4.69, 9.17) is 4.98 Å². The van der Waals surface area contributed by atoms with Crippen molar-refractivity contribution in [1.29, 1.82) is 0 Å². The Morgan fingerprint density at radius 1 is 0.792 bits per heavy atom. The van der Waals surface area contributed by atoms with Crippen LogP contribution in [0.25, 0.3) is 22.4 Å². The second-order valence-electron chi connectivity index (χ2n) is 7.68. The number of aromatic nitrogens is 1. The van der Waals surface area contributed by atoms with Crippen molar-refractivity contribution in [3.63, 3.8) is 0 Å². The Morgan fingerprint density at radius 2 is 1.46 bits per heavy atom. The maximum absolute atomic E-state index is 4.73. The summed E-state index contributed by atoms with van der Waals surface area (Å²) >= 11 is 0. The number of hydrogen-bond acceptors (Lipinski definition) is 1. The van der Waals surface area contributed by atoms with E-state index in [1.807, 2.05) is 12.3 Å². The van der Waals surface area contributed by atoms with Crippen molar-refractivity contribution in [1.82, 2.24) is 4.98 Å². The Hall–Kier alpha value is -2.41. The summed E-state index contributed by atoms with van der Waals surface area (Å²) in [6, 6.07) is 21.3. The molecule has 3 aromatic rings. The summed E-state index contributed by atoms with van der Waals surface area (Å²) in [4.78, 5) is 4.73. The van der Waals surface area contributed by atoms with Crippen molar-refractivity contribution in [2.75, 3.05) is 0 Å². The van der Waals surface area contributed by atoms with E-state index in [0.717, 1.165) is 12.1 Å². The number of hydrogen-bond donors (Lipinski definition) is 0. The van der Waals surface area contributed by atoms with Gasteiger partial charge in [-0.3, -0.25) is 4.98 Å². The number of benzene rings is 2. The summed E-state index contributed by atoms with van der Waals surface area (Å²) in [5.74, 6) is 0. The molecule has 0 fully saturated rings. The van der Waals surface area contributed by atoms with Crippen LogP contribution in [0.2, 0.25) is 0 Å². The van der Waals surface area contributed by atoms with Crippen LogP contribution in [-0.4, -0.2) is 4.98 Å². The Morgan fingerprint density at radius 3 is 2.12 bits per heavy atom. The highest BCUT2D eigenvalue weighted by Gasteiger charge is 2.14. The van der Waals surface area contributed by atoms with Gasteiger partial charge in [0.1, 0.15) is 0 Å². The molecule has 0 saturated carbocycles. The van der Waals surface area contributed by atoms with Gasteiger partial charge in [-0.1, -0.05) is 69.3 Å². The molecular weight excluding hydrogens is 290 g/mol. The van der Waals surface area contributed by atoms with Crippen LogP contribution in [0.4, 0.5) is 0 Å². The molecule has 0 aliphatic heterocycles. The Kier molecular flexibility index (Phi) is 4.53. The molecule has 0 aliphatic rings. The predicted molar refractivity (Wildman–Crippen MR) is 103 cm³/mol. The van der Waals surface area contributed by atoms with Gasteiger partial charge in [0.2, 0.25) is 0 Å². The van der Waals surface area contributed by atoms with E-state index in [1.165, 1.54) is 27.8 Å². The van der Waals surface area contributed by atoms with Gasteiger partial charge in [-0.05, 0) is 53.1 Å². The third-order valence-corrected chi connectivity index (χ3v) is 4.21. The van der Waals surface area contributed by atoms with Gasteiger partial charge in [-0.15, -0.1) is 0 Å². The molecule has 0 N–H and O–H groups in total. The molecule has 3 rings (SSSR count). The molecule has 0 bridgehead atoms. The summed E-state index contributed by atoms with van der Waals surface area (Å²) in [6.07, 6.45) is 3.10. The average Bonchev–Trinajstić information content (AvgIpc) is 2.56. The molecule has 1 heteroatoms. The molecule has 0 radical (unpaired) electrons. The summed E-state index contributed by atoms with van der Waals surface area (Å²) in [7, 11) is 0. The zero-order chi connectivity index (χ0) is 17.2. The topological polar surface area (TPSA) is 12.9 Å². The van der Waals surface area contributed by atoms with E-state index < -0.39 is 0 Å². The lowest BCUT2D eigenvalue weighted by atomic mass is 9.87. The Bertz CT molecular complexity index is 826. The molecule has 0 spiro atoms. The molecule has 122 valence electrons. The molecular formula is C23H25N.